The Morgan fingerprint density at radius 2 is 1.32 bits per heavy atom. The number of amides is 5. The molecule has 17 heteroatoms. The van der Waals surface area contributed by atoms with E-state index in [1.165, 1.54) is 19.1 Å². The van der Waals surface area contributed by atoms with Gasteiger partial charge in [0.25, 0.3) is 5.91 Å². The number of benzene rings is 1. The molecule has 0 aliphatic heterocycles. The third-order valence-corrected chi connectivity index (χ3v) is 8.28. The van der Waals surface area contributed by atoms with Gasteiger partial charge < -0.3 is 47.0 Å². The highest BCUT2D eigenvalue weighted by atomic mass is 16.4. The SMILES string of the molecule is CC(=O)NCCN(CCNC(=O)C(CCC(=O)O)NC(=O)c1cccc(O)c1O)CCNC(=O)[C@H](CCC(=O)O)NC(=O)C1=CC=CC(CC(C)C)C1. The molecular weight excluding hydrogens is 692 g/mol. The van der Waals surface area contributed by atoms with E-state index in [2.05, 4.69) is 40.4 Å². The summed E-state index contributed by atoms with van der Waals surface area (Å²) in [6, 6.07) is 1.29. The first-order valence-corrected chi connectivity index (χ1v) is 17.5. The monoisotopic (exact) mass is 744 g/mol. The highest BCUT2D eigenvalue weighted by Gasteiger charge is 2.26. The fourth-order valence-electron chi connectivity index (χ4n) is 5.60. The molecule has 292 valence electrons. The summed E-state index contributed by atoms with van der Waals surface area (Å²) < 4.78 is 0. The first-order valence-electron chi connectivity index (χ1n) is 17.5. The molecule has 0 aromatic heterocycles. The summed E-state index contributed by atoms with van der Waals surface area (Å²) in [6.45, 7) is 6.58. The molecule has 0 bridgehead atoms. The van der Waals surface area contributed by atoms with Crippen LogP contribution in [0.15, 0.2) is 42.0 Å². The number of aliphatic carboxylic acids is 2. The van der Waals surface area contributed by atoms with E-state index in [-0.39, 0.29) is 69.4 Å². The maximum Gasteiger partial charge on any atom is 0.303 e. The van der Waals surface area contributed by atoms with Crippen LogP contribution in [0.25, 0.3) is 0 Å². The van der Waals surface area contributed by atoms with Crippen molar-refractivity contribution in [2.75, 3.05) is 39.3 Å². The lowest BCUT2D eigenvalue weighted by atomic mass is 9.87. The van der Waals surface area contributed by atoms with Crippen LogP contribution in [0.1, 0.15) is 69.7 Å². The number of nitrogens with zero attached hydrogens (tertiary/aromatic N) is 1. The first kappa shape index (κ1) is 43.7. The number of hydrogen-bond acceptors (Lipinski definition) is 10. The van der Waals surface area contributed by atoms with Gasteiger partial charge in [-0.3, -0.25) is 38.5 Å². The minimum Gasteiger partial charge on any atom is -0.504 e. The van der Waals surface area contributed by atoms with Gasteiger partial charge in [-0.05, 0) is 49.7 Å². The van der Waals surface area contributed by atoms with Gasteiger partial charge in [0, 0.05) is 64.6 Å². The van der Waals surface area contributed by atoms with Crippen LogP contribution in [0, 0.1) is 11.8 Å². The lowest BCUT2D eigenvalue weighted by Gasteiger charge is -2.25. The van der Waals surface area contributed by atoms with Crippen LogP contribution in [-0.4, -0.2) is 118 Å². The molecular formula is C36H52N6O11. The minimum absolute atomic E-state index is 0.0162. The van der Waals surface area contributed by atoms with Crippen LogP contribution in [0.5, 0.6) is 11.5 Å². The van der Waals surface area contributed by atoms with Crippen LogP contribution in [-0.2, 0) is 28.8 Å². The molecule has 1 aliphatic rings. The third kappa shape index (κ3) is 16.6. The van der Waals surface area contributed by atoms with Crippen LogP contribution >= 0.6 is 0 Å². The summed E-state index contributed by atoms with van der Waals surface area (Å²) in [7, 11) is 0. The van der Waals surface area contributed by atoms with Gasteiger partial charge in [0.1, 0.15) is 12.1 Å². The van der Waals surface area contributed by atoms with Crippen molar-refractivity contribution < 1.29 is 54.0 Å². The number of allylic oxidation sites excluding steroid dienone is 3. The van der Waals surface area contributed by atoms with E-state index in [0.717, 1.165) is 12.5 Å². The number of rotatable bonds is 23. The number of aromatic hydroxyl groups is 2. The Morgan fingerprint density at radius 1 is 0.792 bits per heavy atom. The quantitative estimate of drug-likeness (QED) is 0.0699. The molecule has 17 nitrogen and oxygen atoms in total. The fourth-order valence-corrected chi connectivity index (χ4v) is 5.60. The van der Waals surface area contributed by atoms with Gasteiger partial charge >= 0.3 is 11.9 Å². The third-order valence-electron chi connectivity index (χ3n) is 8.28. The molecule has 2 rings (SSSR count). The van der Waals surface area contributed by atoms with Crippen molar-refractivity contribution in [1.29, 1.82) is 0 Å². The summed E-state index contributed by atoms with van der Waals surface area (Å²) >= 11 is 0. The lowest BCUT2D eigenvalue weighted by Crippen LogP contribution is -2.50. The van der Waals surface area contributed by atoms with Crippen molar-refractivity contribution in [2.24, 2.45) is 11.8 Å². The van der Waals surface area contributed by atoms with Gasteiger partial charge in [-0.2, -0.15) is 0 Å². The molecule has 9 N–H and O–H groups in total. The van der Waals surface area contributed by atoms with Gasteiger partial charge in [0.2, 0.25) is 23.6 Å². The number of carbonyl (C=O) groups is 7. The highest BCUT2D eigenvalue weighted by Crippen LogP contribution is 2.28. The molecule has 0 spiro atoms. The number of carbonyl (C=O) groups excluding carboxylic acids is 5. The Hall–Kier alpha value is -5.45. The molecule has 1 aromatic carbocycles. The van der Waals surface area contributed by atoms with Gasteiger partial charge in [-0.25, -0.2) is 0 Å². The molecule has 5 amide bonds. The second-order valence-corrected chi connectivity index (χ2v) is 13.2. The van der Waals surface area contributed by atoms with Crippen LogP contribution < -0.4 is 26.6 Å². The van der Waals surface area contributed by atoms with Crippen molar-refractivity contribution in [3.05, 3.63) is 47.6 Å². The number of hydrogen-bond donors (Lipinski definition) is 9. The van der Waals surface area contributed by atoms with Crippen LogP contribution in [0.4, 0.5) is 0 Å². The van der Waals surface area contributed by atoms with Gasteiger partial charge in [0.15, 0.2) is 11.5 Å². The smallest absolute Gasteiger partial charge is 0.303 e. The Morgan fingerprint density at radius 3 is 1.83 bits per heavy atom. The number of nitrogens with one attached hydrogen (secondary N) is 5. The molecule has 3 atom stereocenters. The van der Waals surface area contributed by atoms with E-state index in [9.17, 15) is 48.9 Å². The summed E-state index contributed by atoms with van der Waals surface area (Å²) in [5.41, 5.74) is 0.187. The van der Waals surface area contributed by atoms with E-state index in [4.69, 9.17) is 5.11 Å². The topological polar surface area (TPSA) is 264 Å². The fraction of sp³-hybridized carbons (Fsp3) is 0.528. The molecule has 1 aliphatic carbocycles. The Labute approximate surface area is 308 Å². The maximum atomic E-state index is 13.2. The van der Waals surface area contributed by atoms with Gasteiger partial charge in [0.05, 0.1) is 5.56 Å². The zero-order valence-electron chi connectivity index (χ0n) is 30.4. The molecule has 0 fully saturated rings. The van der Waals surface area contributed by atoms with Crippen molar-refractivity contribution in [3.8, 4) is 11.5 Å². The zero-order chi connectivity index (χ0) is 39.5. The van der Waals surface area contributed by atoms with Gasteiger partial charge in [-0.15, -0.1) is 0 Å². The number of carboxylic acids is 2. The summed E-state index contributed by atoms with van der Waals surface area (Å²) in [4.78, 5) is 88.0. The van der Waals surface area contributed by atoms with Crippen molar-refractivity contribution in [3.63, 3.8) is 0 Å². The molecule has 0 saturated carbocycles. The molecule has 0 heterocycles. The standard InChI is InChI=1S/C36H52N6O11/c1-22(2)20-24-6-4-7-25(21-24)33(50)40-27(10-12-30(45)46)35(52)38-15-18-42(17-14-37-23(3)43)19-16-39-36(53)28(11-13-31(47)48)41-34(51)26-8-5-9-29(44)32(26)49/h4-9,22,24,27-28,44,49H,10-21H2,1-3H3,(H,37,43)(H,38,52)(H,39,53)(H,40,50)(H,41,51)(H,45,46)(H,47,48)/t24?,27-,28?/m0/s1. The van der Waals surface area contributed by atoms with Crippen molar-refractivity contribution in [1.82, 2.24) is 31.5 Å². The Bertz CT molecular complexity index is 1530. The molecule has 1 aromatic rings. The highest BCUT2D eigenvalue weighted by molar-refractivity contribution is 6.00. The largest absolute Gasteiger partial charge is 0.504 e. The van der Waals surface area contributed by atoms with E-state index >= 15 is 0 Å². The average Bonchev–Trinajstić information content (AvgIpc) is 3.08. The van der Waals surface area contributed by atoms with E-state index in [1.54, 1.807) is 6.08 Å². The summed E-state index contributed by atoms with van der Waals surface area (Å²) in [6.07, 6.45) is 5.73. The summed E-state index contributed by atoms with van der Waals surface area (Å²) in [5.74, 6) is -5.87. The van der Waals surface area contributed by atoms with Gasteiger partial charge in [-0.1, -0.05) is 38.1 Å². The Balaban J connectivity index is 2.03. The molecule has 0 saturated heterocycles. The summed E-state index contributed by atoms with van der Waals surface area (Å²) in [5, 5.41) is 51.3. The predicted molar refractivity (Wildman–Crippen MR) is 193 cm³/mol. The minimum atomic E-state index is -1.30. The Kier molecular flexibility index (Phi) is 18.5. The molecule has 0 radical (unpaired) electrons. The zero-order valence-corrected chi connectivity index (χ0v) is 30.4. The van der Waals surface area contributed by atoms with Crippen LogP contribution in [0.2, 0.25) is 0 Å². The number of phenolic OH excluding ortho intramolecular Hbond substituents is 2. The normalized spacial score (nSPS) is 14.8. The van der Waals surface area contributed by atoms with E-state index < -0.39 is 65.6 Å². The molecule has 2 unspecified atom stereocenters. The number of phenols is 2. The number of para-hydroxylation sites is 1. The molecule has 53 heavy (non-hydrogen) atoms. The first-order chi connectivity index (χ1) is 25.1. The second-order valence-electron chi connectivity index (χ2n) is 13.2. The van der Waals surface area contributed by atoms with Crippen LogP contribution in [0.3, 0.4) is 0 Å². The lowest BCUT2D eigenvalue weighted by molar-refractivity contribution is -0.138. The van der Waals surface area contributed by atoms with Crippen molar-refractivity contribution >= 4 is 41.5 Å². The predicted octanol–water partition coefficient (Wildman–Crippen LogP) is 0.630. The maximum absolute atomic E-state index is 13.2. The van der Waals surface area contributed by atoms with E-state index in [0.29, 0.717) is 24.5 Å². The van der Waals surface area contributed by atoms with Crippen molar-refractivity contribution in [2.45, 2.75) is 71.4 Å². The second kappa shape index (κ2) is 22.5. The van der Waals surface area contributed by atoms with E-state index in [1.807, 2.05) is 17.1 Å². The number of carboxylic acid groups (broad SMARTS) is 2. The average molecular weight is 745 g/mol.